The molecule has 3 nitrogen and oxygen atoms in total. The lowest BCUT2D eigenvalue weighted by molar-refractivity contribution is -0.144. The summed E-state index contributed by atoms with van der Waals surface area (Å²) >= 11 is 0. The van der Waals surface area contributed by atoms with E-state index < -0.39 is 19.2 Å². The Balaban J connectivity index is 2.29. The molecule has 90 valence electrons. The van der Waals surface area contributed by atoms with Gasteiger partial charge in [-0.15, -0.1) is 0 Å². The molecule has 1 heterocycles. The van der Waals surface area contributed by atoms with Crippen LogP contribution in [0.25, 0.3) is 0 Å². The van der Waals surface area contributed by atoms with Gasteiger partial charge in [-0.25, -0.2) is 0 Å². The second-order valence-corrected chi connectivity index (χ2v) is 3.35. The Labute approximate surface area is 90.8 Å². The maximum Gasteiger partial charge on any atom is 0.391 e. The second-order valence-electron chi connectivity index (χ2n) is 3.35. The standard InChI is InChI=1S/C10H12F3NO2/c1-14-5-2-3-8(14)9(15)7-16-6-4-10(11,12)13/h2-3,5H,4,6-7H2,1H3. The number of Topliss-reactive ketones (excluding diaryl/α,β-unsaturated/α-hetero) is 1. The largest absolute Gasteiger partial charge is 0.391 e. The first kappa shape index (κ1) is 12.8. The monoisotopic (exact) mass is 235 g/mol. The molecule has 0 aliphatic carbocycles. The van der Waals surface area contributed by atoms with Gasteiger partial charge in [-0.05, 0) is 12.1 Å². The molecule has 0 N–H and O–H groups in total. The second kappa shape index (κ2) is 5.16. The van der Waals surface area contributed by atoms with Crippen molar-refractivity contribution in [3.63, 3.8) is 0 Å². The van der Waals surface area contributed by atoms with Gasteiger partial charge in [0.15, 0.2) is 0 Å². The first-order valence-corrected chi connectivity index (χ1v) is 4.69. The Kier molecular flexibility index (Phi) is 4.12. The average Bonchev–Trinajstić information content (AvgIpc) is 2.57. The van der Waals surface area contributed by atoms with Crippen LogP contribution in [0.4, 0.5) is 13.2 Å². The molecule has 16 heavy (non-hydrogen) atoms. The van der Waals surface area contributed by atoms with Crippen molar-refractivity contribution in [1.82, 2.24) is 4.57 Å². The summed E-state index contributed by atoms with van der Waals surface area (Å²) < 4.78 is 41.5. The first-order chi connectivity index (χ1) is 7.40. The SMILES string of the molecule is Cn1cccc1C(=O)COCCC(F)(F)F. The summed E-state index contributed by atoms with van der Waals surface area (Å²) in [7, 11) is 1.68. The minimum atomic E-state index is -4.24. The van der Waals surface area contributed by atoms with E-state index in [-0.39, 0.29) is 12.4 Å². The highest BCUT2D eigenvalue weighted by molar-refractivity contribution is 5.95. The summed E-state index contributed by atoms with van der Waals surface area (Å²) in [6, 6.07) is 3.28. The highest BCUT2D eigenvalue weighted by Crippen LogP contribution is 2.18. The zero-order valence-corrected chi connectivity index (χ0v) is 8.75. The summed E-state index contributed by atoms with van der Waals surface area (Å²) in [5, 5.41) is 0. The van der Waals surface area contributed by atoms with Gasteiger partial charge < -0.3 is 9.30 Å². The minimum Gasteiger partial charge on any atom is -0.373 e. The van der Waals surface area contributed by atoms with Gasteiger partial charge in [-0.2, -0.15) is 13.2 Å². The van der Waals surface area contributed by atoms with Gasteiger partial charge in [0.05, 0.1) is 18.7 Å². The summed E-state index contributed by atoms with van der Waals surface area (Å²) in [6.45, 7) is -0.812. The lowest BCUT2D eigenvalue weighted by Crippen LogP contribution is -2.16. The number of hydrogen-bond acceptors (Lipinski definition) is 2. The third-order valence-corrected chi connectivity index (χ3v) is 1.99. The molecule has 0 saturated heterocycles. The molecule has 0 aliphatic rings. The number of alkyl halides is 3. The molecule has 1 aromatic heterocycles. The Morgan fingerprint density at radius 3 is 2.69 bits per heavy atom. The average molecular weight is 235 g/mol. The van der Waals surface area contributed by atoms with Crippen LogP contribution in [-0.4, -0.2) is 29.7 Å². The van der Waals surface area contributed by atoms with Gasteiger partial charge in [-0.3, -0.25) is 4.79 Å². The number of carbonyl (C=O) groups excluding carboxylic acids is 1. The predicted molar refractivity (Wildman–Crippen MR) is 51.2 cm³/mol. The Morgan fingerprint density at radius 2 is 2.19 bits per heavy atom. The van der Waals surface area contributed by atoms with Crippen LogP contribution in [0.2, 0.25) is 0 Å². The molecule has 0 saturated carbocycles. The van der Waals surface area contributed by atoms with Gasteiger partial charge in [0.1, 0.15) is 6.61 Å². The van der Waals surface area contributed by atoms with Crippen molar-refractivity contribution in [1.29, 1.82) is 0 Å². The Morgan fingerprint density at radius 1 is 1.50 bits per heavy atom. The quantitative estimate of drug-likeness (QED) is 0.578. The van der Waals surface area contributed by atoms with E-state index in [0.29, 0.717) is 5.69 Å². The van der Waals surface area contributed by atoms with Crippen molar-refractivity contribution >= 4 is 5.78 Å². The van der Waals surface area contributed by atoms with Crippen LogP contribution in [0.15, 0.2) is 18.3 Å². The molecule has 0 radical (unpaired) electrons. The number of rotatable bonds is 5. The third-order valence-electron chi connectivity index (χ3n) is 1.99. The summed E-state index contributed by atoms with van der Waals surface area (Å²) in [6.07, 6.45) is -3.59. The van der Waals surface area contributed by atoms with E-state index in [1.54, 1.807) is 29.9 Å². The van der Waals surface area contributed by atoms with E-state index in [1.807, 2.05) is 0 Å². The van der Waals surface area contributed by atoms with Crippen molar-refractivity contribution < 1.29 is 22.7 Å². The van der Waals surface area contributed by atoms with E-state index >= 15 is 0 Å². The Hall–Kier alpha value is -1.30. The summed E-state index contributed by atoms with van der Waals surface area (Å²) in [5.41, 5.74) is 0.423. The van der Waals surface area contributed by atoms with E-state index in [2.05, 4.69) is 4.74 Å². The zero-order chi connectivity index (χ0) is 12.2. The highest BCUT2D eigenvalue weighted by atomic mass is 19.4. The molecular formula is C10H12F3NO2. The number of carbonyl (C=O) groups is 1. The molecular weight excluding hydrogens is 223 g/mol. The Bertz CT molecular complexity index is 357. The molecule has 1 aromatic rings. The van der Waals surface area contributed by atoms with Gasteiger partial charge in [0, 0.05) is 13.2 Å². The van der Waals surface area contributed by atoms with Crippen LogP contribution < -0.4 is 0 Å². The van der Waals surface area contributed by atoms with Gasteiger partial charge in [-0.1, -0.05) is 0 Å². The molecule has 0 aliphatic heterocycles. The van der Waals surface area contributed by atoms with Crippen molar-refractivity contribution in [2.75, 3.05) is 13.2 Å². The molecule has 0 amide bonds. The van der Waals surface area contributed by atoms with E-state index in [9.17, 15) is 18.0 Å². The van der Waals surface area contributed by atoms with Crippen LogP contribution in [0.1, 0.15) is 16.9 Å². The van der Waals surface area contributed by atoms with Crippen LogP contribution >= 0.6 is 0 Å². The zero-order valence-electron chi connectivity index (χ0n) is 8.75. The molecule has 1 rings (SSSR count). The van der Waals surface area contributed by atoms with Crippen molar-refractivity contribution in [2.24, 2.45) is 7.05 Å². The van der Waals surface area contributed by atoms with Crippen LogP contribution in [0.3, 0.4) is 0 Å². The van der Waals surface area contributed by atoms with Gasteiger partial charge >= 0.3 is 6.18 Å². The molecule has 0 atom stereocenters. The number of halogens is 3. The highest BCUT2D eigenvalue weighted by Gasteiger charge is 2.26. The van der Waals surface area contributed by atoms with Gasteiger partial charge in [0.25, 0.3) is 0 Å². The number of ether oxygens (including phenoxy) is 1. The van der Waals surface area contributed by atoms with E-state index in [4.69, 9.17) is 0 Å². The van der Waals surface area contributed by atoms with Crippen LogP contribution in [-0.2, 0) is 11.8 Å². The fraction of sp³-hybridized carbons (Fsp3) is 0.500. The minimum absolute atomic E-state index is 0.324. The van der Waals surface area contributed by atoms with E-state index in [1.165, 1.54) is 0 Å². The predicted octanol–water partition coefficient (Wildman–Crippen LogP) is 2.18. The van der Waals surface area contributed by atoms with Crippen LogP contribution in [0, 0.1) is 0 Å². The molecule has 0 bridgehead atoms. The molecule has 0 fully saturated rings. The number of aromatic nitrogens is 1. The normalized spacial score (nSPS) is 11.8. The molecule has 6 heteroatoms. The number of ketones is 1. The number of hydrogen-bond donors (Lipinski definition) is 0. The van der Waals surface area contributed by atoms with Crippen molar-refractivity contribution in [3.8, 4) is 0 Å². The smallest absolute Gasteiger partial charge is 0.373 e. The fourth-order valence-electron chi connectivity index (χ4n) is 1.18. The molecule has 0 aromatic carbocycles. The summed E-state index contributed by atoms with van der Waals surface area (Å²) in [4.78, 5) is 11.4. The lowest BCUT2D eigenvalue weighted by atomic mass is 10.3. The van der Waals surface area contributed by atoms with Crippen LogP contribution in [0.5, 0.6) is 0 Å². The topological polar surface area (TPSA) is 31.2 Å². The molecule has 0 unspecified atom stereocenters. The van der Waals surface area contributed by atoms with E-state index in [0.717, 1.165) is 0 Å². The van der Waals surface area contributed by atoms with Crippen molar-refractivity contribution in [3.05, 3.63) is 24.0 Å². The molecule has 0 spiro atoms. The van der Waals surface area contributed by atoms with Gasteiger partial charge in [0.2, 0.25) is 5.78 Å². The summed E-state index contributed by atoms with van der Waals surface area (Å²) in [5.74, 6) is -0.324. The maximum absolute atomic E-state index is 11.7. The first-order valence-electron chi connectivity index (χ1n) is 4.69. The van der Waals surface area contributed by atoms with Crippen molar-refractivity contribution in [2.45, 2.75) is 12.6 Å². The number of nitrogens with zero attached hydrogens (tertiary/aromatic N) is 1. The lowest BCUT2D eigenvalue weighted by Gasteiger charge is -2.07. The number of aryl methyl sites for hydroxylation is 1. The maximum atomic E-state index is 11.7. The third kappa shape index (κ3) is 4.06. The fourth-order valence-corrected chi connectivity index (χ4v) is 1.18.